The zero-order valence-electron chi connectivity index (χ0n) is 10.2. The standard InChI is InChI=1S/C11H12F4N2O2S/c12-10-2-1-7(5-9(10)11(13,14)15)17-20(18,19)8-3-4-16-6-8/h1-2,5,8,16-17H,3-4,6H2. The zero-order valence-corrected chi connectivity index (χ0v) is 11.0. The van der Waals surface area contributed by atoms with Gasteiger partial charge >= 0.3 is 6.18 Å². The van der Waals surface area contributed by atoms with Crippen molar-refractivity contribution in [3.8, 4) is 0 Å². The Hall–Kier alpha value is -1.35. The van der Waals surface area contributed by atoms with E-state index in [1.54, 1.807) is 0 Å². The molecule has 1 unspecified atom stereocenters. The van der Waals surface area contributed by atoms with Crippen LogP contribution in [0.1, 0.15) is 12.0 Å². The molecule has 2 rings (SSSR count). The number of rotatable bonds is 3. The molecular weight excluding hydrogens is 300 g/mol. The first kappa shape index (κ1) is 15.0. The van der Waals surface area contributed by atoms with Crippen LogP contribution in [0, 0.1) is 5.82 Å². The second kappa shape index (κ2) is 5.21. The highest BCUT2D eigenvalue weighted by Gasteiger charge is 2.35. The van der Waals surface area contributed by atoms with Crippen molar-refractivity contribution in [1.82, 2.24) is 5.32 Å². The van der Waals surface area contributed by atoms with Gasteiger partial charge in [-0.2, -0.15) is 13.2 Å². The third-order valence-corrected chi connectivity index (χ3v) is 4.79. The molecule has 1 aliphatic rings. The second-order valence-electron chi connectivity index (χ2n) is 4.45. The van der Waals surface area contributed by atoms with Crippen LogP contribution >= 0.6 is 0 Å². The molecule has 0 aromatic heterocycles. The molecule has 1 aromatic carbocycles. The van der Waals surface area contributed by atoms with Crippen molar-refractivity contribution in [2.45, 2.75) is 17.8 Å². The lowest BCUT2D eigenvalue weighted by Crippen LogP contribution is -2.29. The molecule has 1 saturated heterocycles. The Morgan fingerprint density at radius 3 is 2.55 bits per heavy atom. The average Bonchev–Trinajstić information content (AvgIpc) is 2.84. The van der Waals surface area contributed by atoms with E-state index in [9.17, 15) is 26.0 Å². The molecule has 1 heterocycles. The van der Waals surface area contributed by atoms with Gasteiger partial charge in [-0.25, -0.2) is 12.8 Å². The Labute approximate surface area is 113 Å². The Kier molecular flexibility index (Phi) is 3.92. The van der Waals surface area contributed by atoms with Gasteiger partial charge in [0.05, 0.1) is 10.8 Å². The van der Waals surface area contributed by atoms with Gasteiger partial charge in [-0.05, 0) is 31.2 Å². The second-order valence-corrected chi connectivity index (χ2v) is 6.42. The fourth-order valence-corrected chi connectivity index (χ4v) is 3.33. The minimum atomic E-state index is -4.87. The first-order valence-electron chi connectivity index (χ1n) is 5.79. The van der Waals surface area contributed by atoms with Crippen LogP contribution in [0.15, 0.2) is 18.2 Å². The normalized spacial score (nSPS) is 20.1. The van der Waals surface area contributed by atoms with Crippen molar-refractivity contribution in [3.05, 3.63) is 29.6 Å². The summed E-state index contributed by atoms with van der Waals surface area (Å²) in [5, 5.41) is 2.14. The van der Waals surface area contributed by atoms with Crippen molar-refractivity contribution in [2.24, 2.45) is 0 Å². The van der Waals surface area contributed by atoms with E-state index in [-0.39, 0.29) is 12.2 Å². The summed E-state index contributed by atoms with van der Waals surface area (Å²) in [4.78, 5) is 0. The van der Waals surface area contributed by atoms with Crippen LogP contribution in [-0.2, 0) is 16.2 Å². The molecule has 0 radical (unpaired) electrons. The summed E-state index contributed by atoms with van der Waals surface area (Å²) >= 11 is 0. The molecule has 1 aliphatic heterocycles. The third-order valence-electron chi connectivity index (χ3n) is 2.99. The average molecular weight is 312 g/mol. The van der Waals surface area contributed by atoms with E-state index < -0.39 is 32.8 Å². The summed E-state index contributed by atoms with van der Waals surface area (Å²) in [5.41, 5.74) is -1.80. The molecule has 1 aromatic rings. The monoisotopic (exact) mass is 312 g/mol. The summed E-state index contributed by atoms with van der Waals surface area (Å²) in [6.45, 7) is 0.769. The molecule has 20 heavy (non-hydrogen) atoms. The van der Waals surface area contributed by atoms with Crippen LogP contribution in [-0.4, -0.2) is 26.8 Å². The van der Waals surface area contributed by atoms with Crippen molar-refractivity contribution >= 4 is 15.7 Å². The van der Waals surface area contributed by atoms with Crippen LogP contribution < -0.4 is 10.0 Å². The fourth-order valence-electron chi connectivity index (χ4n) is 1.95. The minimum absolute atomic E-state index is 0.239. The van der Waals surface area contributed by atoms with E-state index in [2.05, 4.69) is 10.0 Å². The predicted molar refractivity (Wildman–Crippen MR) is 65.2 cm³/mol. The van der Waals surface area contributed by atoms with Gasteiger partial charge in [-0.1, -0.05) is 0 Å². The Balaban J connectivity index is 2.26. The lowest BCUT2D eigenvalue weighted by Gasteiger charge is -2.15. The highest BCUT2D eigenvalue weighted by molar-refractivity contribution is 7.93. The third kappa shape index (κ3) is 3.21. The van der Waals surface area contributed by atoms with E-state index in [1.807, 2.05) is 0 Å². The molecule has 2 N–H and O–H groups in total. The molecule has 9 heteroatoms. The van der Waals surface area contributed by atoms with Gasteiger partial charge in [0.15, 0.2) is 0 Å². The van der Waals surface area contributed by atoms with E-state index in [4.69, 9.17) is 0 Å². The van der Waals surface area contributed by atoms with E-state index in [0.29, 0.717) is 25.1 Å². The molecule has 0 aliphatic carbocycles. The van der Waals surface area contributed by atoms with Crippen LogP contribution in [0.3, 0.4) is 0 Å². The maximum absolute atomic E-state index is 13.1. The molecule has 1 fully saturated rings. The first-order chi connectivity index (χ1) is 9.20. The van der Waals surface area contributed by atoms with Crippen LogP contribution in [0.5, 0.6) is 0 Å². The number of nitrogens with one attached hydrogen (secondary N) is 2. The Morgan fingerprint density at radius 2 is 2.00 bits per heavy atom. The van der Waals surface area contributed by atoms with Crippen LogP contribution in [0.4, 0.5) is 23.2 Å². The molecule has 0 saturated carbocycles. The van der Waals surface area contributed by atoms with Gasteiger partial charge < -0.3 is 5.32 Å². The summed E-state index contributed by atoms with van der Waals surface area (Å²) < 4.78 is 76.6. The number of sulfonamides is 1. The summed E-state index contributed by atoms with van der Waals surface area (Å²) in [6, 6.07) is 2.01. The van der Waals surface area contributed by atoms with Gasteiger partial charge in [-0.3, -0.25) is 4.72 Å². The van der Waals surface area contributed by atoms with Gasteiger partial charge in [0, 0.05) is 12.2 Å². The number of hydrogen-bond donors (Lipinski definition) is 2. The molecule has 4 nitrogen and oxygen atoms in total. The number of hydrogen-bond acceptors (Lipinski definition) is 3. The molecule has 0 spiro atoms. The molecule has 112 valence electrons. The Bertz CT molecular complexity index is 595. The number of benzene rings is 1. The lowest BCUT2D eigenvalue weighted by molar-refractivity contribution is -0.139. The van der Waals surface area contributed by atoms with E-state index in [1.165, 1.54) is 0 Å². The fraction of sp³-hybridized carbons (Fsp3) is 0.455. The molecule has 1 atom stereocenters. The largest absolute Gasteiger partial charge is 0.419 e. The predicted octanol–water partition coefficient (Wildman–Crippen LogP) is 1.95. The van der Waals surface area contributed by atoms with Gasteiger partial charge in [-0.15, -0.1) is 0 Å². The maximum atomic E-state index is 13.1. The molecule has 0 bridgehead atoms. The van der Waals surface area contributed by atoms with Crippen LogP contribution in [0.2, 0.25) is 0 Å². The SMILES string of the molecule is O=S(=O)(Nc1ccc(F)c(C(F)(F)F)c1)C1CCNC1. The topological polar surface area (TPSA) is 58.2 Å². The van der Waals surface area contributed by atoms with Gasteiger partial charge in [0.1, 0.15) is 5.82 Å². The highest BCUT2D eigenvalue weighted by Crippen LogP contribution is 2.33. The summed E-state index contributed by atoms with van der Waals surface area (Å²) in [5.74, 6) is -1.44. The van der Waals surface area contributed by atoms with Crippen molar-refractivity contribution in [2.75, 3.05) is 17.8 Å². The van der Waals surface area contributed by atoms with Crippen LogP contribution in [0.25, 0.3) is 0 Å². The number of alkyl halides is 3. The van der Waals surface area contributed by atoms with Crippen molar-refractivity contribution in [3.63, 3.8) is 0 Å². The quantitative estimate of drug-likeness (QED) is 0.839. The van der Waals surface area contributed by atoms with Crippen molar-refractivity contribution < 1.29 is 26.0 Å². The van der Waals surface area contributed by atoms with E-state index in [0.717, 1.165) is 6.07 Å². The molecular formula is C11H12F4N2O2S. The molecule has 0 amide bonds. The number of halogens is 4. The lowest BCUT2D eigenvalue weighted by atomic mass is 10.2. The van der Waals surface area contributed by atoms with Gasteiger partial charge in [0.25, 0.3) is 0 Å². The zero-order chi connectivity index (χ0) is 15.0. The smallest absolute Gasteiger partial charge is 0.315 e. The minimum Gasteiger partial charge on any atom is -0.315 e. The van der Waals surface area contributed by atoms with E-state index >= 15 is 0 Å². The first-order valence-corrected chi connectivity index (χ1v) is 7.34. The highest BCUT2D eigenvalue weighted by atomic mass is 32.2. The summed E-state index contributed by atoms with van der Waals surface area (Å²) in [6.07, 6.45) is -4.50. The Morgan fingerprint density at radius 1 is 1.30 bits per heavy atom. The maximum Gasteiger partial charge on any atom is 0.419 e. The summed E-state index contributed by atoms with van der Waals surface area (Å²) in [7, 11) is -3.79. The van der Waals surface area contributed by atoms with Gasteiger partial charge in [0.2, 0.25) is 10.0 Å². The van der Waals surface area contributed by atoms with Crippen molar-refractivity contribution in [1.29, 1.82) is 0 Å². The number of anilines is 1.